The fourth-order valence-corrected chi connectivity index (χ4v) is 4.90. The molecule has 1 heterocycles. The smallest absolute Gasteiger partial charge is 0.218 e. The second kappa shape index (κ2) is 13.4. The van der Waals surface area contributed by atoms with Gasteiger partial charge in [0.15, 0.2) is 5.96 Å². The monoisotopic (exact) mass is 498 g/mol. The summed E-state index contributed by atoms with van der Waals surface area (Å²) in [5.41, 5.74) is 4.67. The van der Waals surface area contributed by atoms with E-state index in [4.69, 9.17) is 5.10 Å². The van der Waals surface area contributed by atoms with Crippen molar-refractivity contribution in [3.8, 4) is 0 Å². The predicted octanol–water partition coefficient (Wildman–Crippen LogP) is 5.70. The average molecular weight is 499 g/mol. The molecule has 1 saturated carbocycles. The van der Waals surface area contributed by atoms with Crippen LogP contribution in [-0.2, 0) is 4.79 Å². The summed E-state index contributed by atoms with van der Waals surface area (Å²) in [4.78, 5) is 18.6. The second-order valence-corrected chi connectivity index (χ2v) is 9.48. The maximum atomic E-state index is 12.5. The number of carbonyl (C=O) groups excluding carboxylic acids is 1. The second-order valence-electron chi connectivity index (χ2n) is 9.48. The number of amides is 1. The maximum Gasteiger partial charge on any atom is 0.218 e. The number of rotatable bonds is 11. The molecule has 0 saturated heterocycles. The first-order chi connectivity index (χ1) is 18.2. The van der Waals surface area contributed by atoms with Crippen molar-refractivity contribution < 1.29 is 4.79 Å². The number of hydrogen-bond donors (Lipinski definition) is 2. The van der Waals surface area contributed by atoms with E-state index in [2.05, 4.69) is 34.3 Å². The summed E-state index contributed by atoms with van der Waals surface area (Å²) in [6.45, 7) is 6.18. The van der Waals surface area contributed by atoms with Crippen LogP contribution in [0.4, 0.5) is 17.1 Å². The lowest BCUT2D eigenvalue weighted by Crippen LogP contribution is -2.27. The van der Waals surface area contributed by atoms with E-state index < -0.39 is 0 Å². The molecule has 4 rings (SSSR count). The van der Waals surface area contributed by atoms with Gasteiger partial charge in [0.1, 0.15) is 0 Å². The minimum atomic E-state index is 0.376. The quantitative estimate of drug-likeness (QED) is 0.180. The lowest BCUT2D eigenvalue weighted by atomic mass is 9.82. The number of nitrogens with one attached hydrogen (secondary N) is 2. The van der Waals surface area contributed by atoms with E-state index in [1.165, 1.54) is 19.3 Å². The Kier molecular flexibility index (Phi) is 9.52. The third-order valence-corrected chi connectivity index (χ3v) is 6.79. The SMILES string of the molecule is C=C/C=C/CCN(C)/N=C(\c1ccccc1N(C=O)c1ccc(NC2=NCCN2)cc1)C1CCCCC1. The van der Waals surface area contributed by atoms with Gasteiger partial charge in [-0.25, -0.2) is 0 Å². The van der Waals surface area contributed by atoms with Crippen LogP contribution in [0.15, 0.2) is 83.4 Å². The van der Waals surface area contributed by atoms with E-state index in [0.717, 1.165) is 79.6 Å². The van der Waals surface area contributed by atoms with Gasteiger partial charge in [-0.15, -0.1) is 0 Å². The van der Waals surface area contributed by atoms with Crippen LogP contribution in [0.2, 0.25) is 0 Å². The zero-order chi connectivity index (χ0) is 25.9. The molecule has 2 aromatic rings. The van der Waals surface area contributed by atoms with Gasteiger partial charge in [0.25, 0.3) is 0 Å². The number of para-hydroxylation sites is 1. The number of guanidine groups is 1. The van der Waals surface area contributed by atoms with Gasteiger partial charge in [-0.1, -0.05) is 62.3 Å². The minimum Gasteiger partial charge on any atom is -0.354 e. The number of carbonyl (C=O) groups is 1. The Morgan fingerprint density at radius 1 is 1.16 bits per heavy atom. The molecule has 7 heteroatoms. The van der Waals surface area contributed by atoms with Crippen LogP contribution in [-0.4, -0.2) is 49.8 Å². The molecule has 0 aromatic heterocycles. The summed E-state index contributed by atoms with van der Waals surface area (Å²) in [6, 6.07) is 16.0. The fourth-order valence-electron chi connectivity index (χ4n) is 4.90. The van der Waals surface area contributed by atoms with E-state index in [1.54, 1.807) is 11.0 Å². The number of nitrogens with zero attached hydrogens (tertiary/aromatic N) is 4. The third-order valence-electron chi connectivity index (χ3n) is 6.79. The summed E-state index contributed by atoms with van der Waals surface area (Å²) in [6.07, 6.45) is 13.6. The molecule has 37 heavy (non-hydrogen) atoms. The molecule has 1 amide bonds. The molecule has 2 aliphatic rings. The van der Waals surface area contributed by atoms with Crippen molar-refractivity contribution in [1.29, 1.82) is 0 Å². The average Bonchev–Trinajstić information content (AvgIpc) is 3.45. The lowest BCUT2D eigenvalue weighted by Gasteiger charge is -2.28. The van der Waals surface area contributed by atoms with E-state index in [1.807, 2.05) is 60.6 Å². The van der Waals surface area contributed by atoms with Gasteiger partial charge in [0.2, 0.25) is 6.41 Å². The number of aliphatic imine (C=N–C) groups is 1. The van der Waals surface area contributed by atoms with Crippen LogP contribution in [0.5, 0.6) is 0 Å². The van der Waals surface area contributed by atoms with Gasteiger partial charge in [-0.05, 0) is 49.6 Å². The number of anilines is 3. The number of hydrogen-bond acceptors (Lipinski definition) is 6. The van der Waals surface area contributed by atoms with Crippen LogP contribution in [0.3, 0.4) is 0 Å². The van der Waals surface area contributed by atoms with E-state index in [9.17, 15) is 4.79 Å². The van der Waals surface area contributed by atoms with E-state index >= 15 is 0 Å². The Balaban J connectivity index is 1.63. The zero-order valence-electron chi connectivity index (χ0n) is 21.8. The molecular formula is C30H38N6O. The lowest BCUT2D eigenvalue weighted by molar-refractivity contribution is -0.106. The van der Waals surface area contributed by atoms with Crippen molar-refractivity contribution in [3.63, 3.8) is 0 Å². The van der Waals surface area contributed by atoms with E-state index in [-0.39, 0.29) is 0 Å². The molecule has 194 valence electrons. The van der Waals surface area contributed by atoms with Crippen molar-refractivity contribution in [2.75, 3.05) is 36.9 Å². The van der Waals surface area contributed by atoms with Gasteiger partial charge in [-0.2, -0.15) is 5.10 Å². The summed E-state index contributed by atoms with van der Waals surface area (Å²) < 4.78 is 0. The number of hydrazone groups is 1. The van der Waals surface area contributed by atoms with Crippen LogP contribution < -0.4 is 15.5 Å². The maximum absolute atomic E-state index is 12.5. The molecule has 1 fully saturated rings. The molecule has 0 radical (unpaired) electrons. The Hall–Kier alpha value is -3.87. The highest BCUT2D eigenvalue weighted by Gasteiger charge is 2.25. The molecule has 7 nitrogen and oxygen atoms in total. The molecule has 0 spiro atoms. The Bertz CT molecular complexity index is 1130. The minimum absolute atomic E-state index is 0.376. The normalized spacial score (nSPS) is 16.2. The van der Waals surface area contributed by atoms with Crippen molar-refractivity contribution in [2.45, 2.75) is 38.5 Å². The van der Waals surface area contributed by atoms with Gasteiger partial charge >= 0.3 is 0 Å². The van der Waals surface area contributed by atoms with Gasteiger partial charge in [-0.3, -0.25) is 19.7 Å². The first-order valence-corrected chi connectivity index (χ1v) is 13.3. The first-order valence-electron chi connectivity index (χ1n) is 13.3. The molecular weight excluding hydrogens is 460 g/mol. The Labute approximate surface area is 220 Å². The van der Waals surface area contributed by atoms with Crippen LogP contribution >= 0.6 is 0 Å². The molecule has 1 aliphatic heterocycles. The fraction of sp³-hybridized carbons (Fsp3) is 0.367. The predicted molar refractivity (Wildman–Crippen MR) is 155 cm³/mol. The van der Waals surface area contributed by atoms with Crippen molar-refractivity contribution in [1.82, 2.24) is 10.3 Å². The van der Waals surface area contributed by atoms with Gasteiger partial charge in [0.05, 0.1) is 17.9 Å². The third kappa shape index (κ3) is 7.09. The highest BCUT2D eigenvalue weighted by molar-refractivity contribution is 6.09. The zero-order valence-corrected chi connectivity index (χ0v) is 21.8. The largest absolute Gasteiger partial charge is 0.354 e. The molecule has 2 aromatic carbocycles. The molecule has 2 N–H and O–H groups in total. The van der Waals surface area contributed by atoms with Crippen molar-refractivity contribution in [3.05, 3.63) is 78.9 Å². The first kappa shape index (κ1) is 26.2. The summed E-state index contributed by atoms with van der Waals surface area (Å²) in [5.74, 6) is 1.16. The molecule has 0 bridgehead atoms. The summed E-state index contributed by atoms with van der Waals surface area (Å²) in [7, 11) is 2.03. The summed E-state index contributed by atoms with van der Waals surface area (Å²) in [5, 5.41) is 13.6. The Morgan fingerprint density at radius 2 is 1.95 bits per heavy atom. The summed E-state index contributed by atoms with van der Waals surface area (Å²) >= 11 is 0. The number of benzene rings is 2. The standard InChI is InChI=1S/C30H38N6O/c1-3-4-5-11-22-35(2)34-29(24-12-7-6-8-13-24)27-14-9-10-15-28(27)36(23-37)26-18-16-25(17-19-26)33-30-31-20-21-32-30/h3-5,9-10,14-19,23-24H,1,6-8,11-13,20-22H2,2H3,(H2,31,32,33)/b5-4+,34-29-. The van der Waals surface area contributed by atoms with Gasteiger partial charge < -0.3 is 10.6 Å². The molecule has 1 aliphatic carbocycles. The molecule has 0 unspecified atom stereocenters. The van der Waals surface area contributed by atoms with Crippen molar-refractivity contribution >= 4 is 35.1 Å². The van der Waals surface area contributed by atoms with Gasteiger partial charge in [0, 0.05) is 43.0 Å². The van der Waals surface area contributed by atoms with Crippen LogP contribution in [0.25, 0.3) is 0 Å². The van der Waals surface area contributed by atoms with Crippen LogP contribution in [0.1, 0.15) is 44.1 Å². The topological polar surface area (TPSA) is 72.3 Å². The highest BCUT2D eigenvalue weighted by atomic mass is 16.1. The molecule has 0 atom stereocenters. The van der Waals surface area contributed by atoms with E-state index in [0.29, 0.717) is 5.92 Å². The number of allylic oxidation sites excluding steroid dienone is 2. The van der Waals surface area contributed by atoms with Crippen LogP contribution in [0, 0.1) is 5.92 Å². The van der Waals surface area contributed by atoms with Crippen molar-refractivity contribution in [2.24, 2.45) is 16.0 Å². The Morgan fingerprint density at radius 3 is 2.65 bits per heavy atom. The highest BCUT2D eigenvalue weighted by Crippen LogP contribution is 2.34.